The van der Waals surface area contributed by atoms with E-state index in [2.05, 4.69) is 20.8 Å². The molecule has 4 nitrogen and oxygen atoms in total. The highest BCUT2D eigenvalue weighted by atomic mass is 16.3. The first-order valence-electron chi connectivity index (χ1n) is 7.99. The van der Waals surface area contributed by atoms with Crippen LogP contribution in [0.5, 0.6) is 0 Å². The highest BCUT2D eigenvalue weighted by molar-refractivity contribution is 6.00. The molecule has 2 rings (SSSR count). The highest BCUT2D eigenvalue weighted by Gasteiger charge is 2.43. The molecule has 1 aliphatic heterocycles. The molecule has 1 saturated carbocycles. The maximum Gasteiger partial charge on any atom is 0.268 e. The Labute approximate surface area is 127 Å². The third-order valence-corrected chi connectivity index (χ3v) is 4.66. The second kappa shape index (κ2) is 6.09. The van der Waals surface area contributed by atoms with E-state index < -0.39 is 0 Å². The van der Waals surface area contributed by atoms with Crippen molar-refractivity contribution in [3.05, 3.63) is 11.3 Å². The Bertz CT molecular complexity index is 476. The fraction of sp³-hybridized carbons (Fsp3) is 0.765. The van der Waals surface area contributed by atoms with Gasteiger partial charge in [-0.2, -0.15) is 5.26 Å². The maximum atomic E-state index is 12.4. The number of carbonyl (C=O) groups is 1. The molecule has 0 saturated heterocycles. The van der Waals surface area contributed by atoms with Gasteiger partial charge in [0.25, 0.3) is 5.91 Å². The molecule has 116 valence electrons. The Morgan fingerprint density at radius 2 is 1.90 bits per heavy atom. The van der Waals surface area contributed by atoms with Gasteiger partial charge in [-0.05, 0) is 30.6 Å². The fourth-order valence-electron chi connectivity index (χ4n) is 3.40. The van der Waals surface area contributed by atoms with Crippen LogP contribution in [0.15, 0.2) is 11.3 Å². The number of carbonyl (C=O) groups excluding carboxylic acids is 1. The zero-order valence-electron chi connectivity index (χ0n) is 13.4. The summed E-state index contributed by atoms with van der Waals surface area (Å²) in [6, 6.07) is 1.63. The van der Waals surface area contributed by atoms with Crippen molar-refractivity contribution in [1.29, 1.82) is 5.26 Å². The van der Waals surface area contributed by atoms with Gasteiger partial charge in [-0.1, -0.05) is 40.0 Å². The maximum absolute atomic E-state index is 12.4. The lowest BCUT2D eigenvalue weighted by Crippen LogP contribution is -2.42. The number of aliphatic hydroxyl groups is 1. The SMILES string of the molecule is CC(C)(C)CCN1C(=O)C(C#N)=C(O)C1C1CCCCC1. The summed E-state index contributed by atoms with van der Waals surface area (Å²) in [6.45, 7) is 7.03. The summed E-state index contributed by atoms with van der Waals surface area (Å²) in [4.78, 5) is 14.1. The lowest BCUT2D eigenvalue weighted by atomic mass is 9.82. The average Bonchev–Trinajstić information content (AvgIpc) is 2.67. The first kappa shape index (κ1) is 15.9. The molecule has 0 spiro atoms. The molecule has 1 fully saturated rings. The minimum atomic E-state index is -0.283. The van der Waals surface area contributed by atoms with Crippen LogP contribution >= 0.6 is 0 Å². The monoisotopic (exact) mass is 290 g/mol. The largest absolute Gasteiger partial charge is 0.508 e. The second-order valence-corrected chi connectivity index (χ2v) is 7.52. The van der Waals surface area contributed by atoms with Crippen molar-refractivity contribution in [3.8, 4) is 6.07 Å². The van der Waals surface area contributed by atoms with Crippen molar-refractivity contribution in [1.82, 2.24) is 4.90 Å². The Balaban J connectivity index is 2.20. The lowest BCUT2D eigenvalue weighted by molar-refractivity contribution is -0.128. The van der Waals surface area contributed by atoms with E-state index in [1.165, 1.54) is 6.42 Å². The molecule has 4 heteroatoms. The molecule has 1 amide bonds. The molecule has 1 atom stereocenters. The fourth-order valence-corrected chi connectivity index (χ4v) is 3.40. The van der Waals surface area contributed by atoms with E-state index in [0.29, 0.717) is 12.5 Å². The van der Waals surface area contributed by atoms with Crippen LogP contribution in [0.2, 0.25) is 0 Å². The number of rotatable bonds is 3. The van der Waals surface area contributed by atoms with Crippen LogP contribution in [0.3, 0.4) is 0 Å². The third kappa shape index (κ3) is 3.40. The smallest absolute Gasteiger partial charge is 0.268 e. The second-order valence-electron chi connectivity index (χ2n) is 7.52. The molecule has 1 unspecified atom stereocenters. The molecule has 0 aromatic carbocycles. The van der Waals surface area contributed by atoms with Gasteiger partial charge >= 0.3 is 0 Å². The molecule has 21 heavy (non-hydrogen) atoms. The predicted molar refractivity (Wildman–Crippen MR) is 81.4 cm³/mol. The van der Waals surface area contributed by atoms with E-state index in [9.17, 15) is 9.90 Å². The zero-order valence-corrected chi connectivity index (χ0v) is 13.4. The Morgan fingerprint density at radius 3 is 2.43 bits per heavy atom. The van der Waals surface area contributed by atoms with E-state index in [1.54, 1.807) is 4.90 Å². The lowest BCUT2D eigenvalue weighted by Gasteiger charge is -2.35. The summed E-state index contributed by atoms with van der Waals surface area (Å²) >= 11 is 0. The predicted octanol–water partition coefficient (Wildman–Crippen LogP) is 3.55. The van der Waals surface area contributed by atoms with E-state index >= 15 is 0 Å². The van der Waals surface area contributed by atoms with Crippen molar-refractivity contribution in [3.63, 3.8) is 0 Å². The summed E-state index contributed by atoms with van der Waals surface area (Å²) in [5.74, 6) is 0.0339. The van der Waals surface area contributed by atoms with Crippen molar-refractivity contribution >= 4 is 5.91 Å². The number of hydrogen-bond acceptors (Lipinski definition) is 3. The number of nitriles is 1. The molecular formula is C17H26N2O2. The number of amides is 1. The van der Waals surface area contributed by atoms with Crippen LogP contribution in [0.4, 0.5) is 0 Å². The zero-order chi connectivity index (χ0) is 15.6. The molecule has 2 aliphatic rings. The molecule has 1 N–H and O–H groups in total. The normalized spacial score (nSPS) is 24.6. The van der Waals surface area contributed by atoms with E-state index in [0.717, 1.165) is 32.1 Å². The molecule has 0 radical (unpaired) electrons. The van der Waals surface area contributed by atoms with Gasteiger partial charge in [0.2, 0.25) is 0 Å². The van der Waals surface area contributed by atoms with Gasteiger partial charge in [0.1, 0.15) is 11.8 Å². The topological polar surface area (TPSA) is 64.3 Å². The Kier molecular flexibility index (Phi) is 4.61. The van der Waals surface area contributed by atoms with Gasteiger partial charge < -0.3 is 10.0 Å². The Hall–Kier alpha value is -1.50. The molecule has 1 aliphatic carbocycles. The van der Waals surface area contributed by atoms with E-state index in [-0.39, 0.29) is 28.7 Å². The highest BCUT2D eigenvalue weighted by Crippen LogP contribution is 2.37. The van der Waals surface area contributed by atoms with Crippen LogP contribution in [0, 0.1) is 22.7 Å². The third-order valence-electron chi connectivity index (χ3n) is 4.66. The van der Waals surface area contributed by atoms with Gasteiger partial charge in [0.05, 0.1) is 6.04 Å². The van der Waals surface area contributed by atoms with Crippen molar-refractivity contribution in [2.75, 3.05) is 6.54 Å². The van der Waals surface area contributed by atoms with Crippen LogP contribution in [0.1, 0.15) is 59.3 Å². The van der Waals surface area contributed by atoms with Gasteiger partial charge in [-0.3, -0.25) is 4.79 Å². The van der Waals surface area contributed by atoms with Gasteiger partial charge in [-0.15, -0.1) is 0 Å². The minimum Gasteiger partial charge on any atom is -0.508 e. The summed E-state index contributed by atoms with van der Waals surface area (Å²) in [5.41, 5.74) is 0.0852. The van der Waals surface area contributed by atoms with Crippen LogP contribution < -0.4 is 0 Å². The van der Waals surface area contributed by atoms with Crippen LogP contribution in [-0.4, -0.2) is 28.5 Å². The Morgan fingerprint density at radius 1 is 1.29 bits per heavy atom. The quantitative estimate of drug-likeness (QED) is 0.864. The van der Waals surface area contributed by atoms with Crippen molar-refractivity contribution in [2.45, 2.75) is 65.3 Å². The van der Waals surface area contributed by atoms with E-state index in [1.807, 2.05) is 6.07 Å². The van der Waals surface area contributed by atoms with E-state index in [4.69, 9.17) is 5.26 Å². The van der Waals surface area contributed by atoms with Gasteiger partial charge in [0, 0.05) is 6.54 Å². The molecule has 1 heterocycles. The number of hydrogen-bond donors (Lipinski definition) is 1. The summed E-state index contributed by atoms with van der Waals surface area (Å²) in [6.07, 6.45) is 6.47. The summed E-state index contributed by atoms with van der Waals surface area (Å²) in [7, 11) is 0. The molecular weight excluding hydrogens is 264 g/mol. The van der Waals surface area contributed by atoms with Crippen molar-refractivity contribution in [2.24, 2.45) is 11.3 Å². The molecule has 0 bridgehead atoms. The molecule has 0 aromatic rings. The van der Waals surface area contributed by atoms with Gasteiger partial charge in [-0.25, -0.2) is 0 Å². The number of nitrogens with zero attached hydrogens (tertiary/aromatic N) is 2. The van der Waals surface area contributed by atoms with Crippen LogP contribution in [-0.2, 0) is 4.79 Å². The first-order chi connectivity index (χ1) is 9.85. The average molecular weight is 290 g/mol. The molecule has 0 aromatic heterocycles. The minimum absolute atomic E-state index is 0.0170. The van der Waals surface area contributed by atoms with Crippen LogP contribution in [0.25, 0.3) is 0 Å². The first-order valence-corrected chi connectivity index (χ1v) is 7.99. The summed E-state index contributed by atoms with van der Waals surface area (Å²) in [5, 5.41) is 19.5. The standard InChI is InChI=1S/C17H26N2O2/c1-17(2,3)9-10-19-14(12-7-5-4-6-8-12)15(20)13(11-18)16(19)21/h12,14,20H,4-10H2,1-3H3. The summed E-state index contributed by atoms with van der Waals surface area (Å²) < 4.78 is 0. The number of aliphatic hydroxyl groups excluding tert-OH is 1. The van der Waals surface area contributed by atoms with Crippen molar-refractivity contribution < 1.29 is 9.90 Å². The van der Waals surface area contributed by atoms with Gasteiger partial charge in [0.15, 0.2) is 5.57 Å².